The number of amides is 1. The normalized spacial score (nSPS) is 13.0. The Morgan fingerprint density at radius 2 is 2.00 bits per heavy atom. The summed E-state index contributed by atoms with van der Waals surface area (Å²) in [6.07, 6.45) is 3.98. The first kappa shape index (κ1) is 23.9. The lowest BCUT2D eigenvalue weighted by Crippen LogP contribution is -2.54. The Labute approximate surface area is 169 Å². The van der Waals surface area contributed by atoms with Crippen LogP contribution in [0.5, 0.6) is 11.5 Å². The summed E-state index contributed by atoms with van der Waals surface area (Å²) in [5.41, 5.74) is 0.0330. The number of rotatable bonds is 10. The molecule has 0 spiro atoms. The van der Waals surface area contributed by atoms with Gasteiger partial charge in [0.25, 0.3) is 0 Å². The van der Waals surface area contributed by atoms with Gasteiger partial charge in [-0.25, -0.2) is 4.72 Å². The molecule has 1 amide bonds. The third-order valence-electron chi connectivity index (χ3n) is 3.77. The fourth-order valence-electron chi connectivity index (χ4n) is 2.49. The Hall–Kier alpha value is -2.17. The van der Waals surface area contributed by atoms with Crippen LogP contribution in [0.15, 0.2) is 18.2 Å². The summed E-state index contributed by atoms with van der Waals surface area (Å²) in [7, 11) is -0.893. The third kappa shape index (κ3) is 8.68. The number of carbonyl (C=O) groups excluding carboxylic acids is 1. The Morgan fingerprint density at radius 3 is 2.61 bits per heavy atom. The zero-order valence-corrected chi connectivity index (χ0v) is 18.3. The molecule has 0 aliphatic rings. The molecule has 7 heteroatoms. The van der Waals surface area contributed by atoms with Gasteiger partial charge in [-0.2, -0.15) is 0 Å². The maximum atomic E-state index is 12.3. The molecule has 1 aromatic carbocycles. The highest BCUT2D eigenvalue weighted by atomic mass is 32.2. The summed E-state index contributed by atoms with van der Waals surface area (Å²) in [4.78, 5) is 12.3. The lowest BCUT2D eigenvalue weighted by atomic mass is 10.1. The quantitative estimate of drug-likeness (QED) is 0.460. The maximum absolute atomic E-state index is 12.3. The number of hydrogen-bond donors (Lipinski definition) is 2. The van der Waals surface area contributed by atoms with Crippen LogP contribution < -0.4 is 19.5 Å². The van der Waals surface area contributed by atoms with Crippen molar-refractivity contribution in [3.8, 4) is 23.3 Å². The van der Waals surface area contributed by atoms with E-state index in [1.165, 1.54) is 6.26 Å². The van der Waals surface area contributed by atoms with E-state index in [-0.39, 0.29) is 5.91 Å². The molecule has 0 aliphatic heterocycles. The lowest BCUT2D eigenvalue weighted by molar-refractivity contribution is -0.125. The van der Waals surface area contributed by atoms with Gasteiger partial charge in [-0.05, 0) is 50.3 Å². The molecule has 0 fully saturated rings. The average molecular weight is 409 g/mol. The van der Waals surface area contributed by atoms with Gasteiger partial charge in [-0.15, -0.1) is 0 Å². The van der Waals surface area contributed by atoms with Gasteiger partial charge in [0.05, 0.1) is 7.11 Å². The first-order valence-electron chi connectivity index (χ1n) is 9.24. The van der Waals surface area contributed by atoms with Crippen LogP contribution in [0.25, 0.3) is 0 Å². The highest BCUT2D eigenvalue weighted by molar-refractivity contribution is 7.97. The molecule has 1 aromatic rings. The summed E-state index contributed by atoms with van der Waals surface area (Å²) in [5, 5.41) is 2.85. The molecule has 1 atom stereocenters. The molecule has 0 bridgehead atoms. The van der Waals surface area contributed by atoms with Crippen molar-refractivity contribution in [3.63, 3.8) is 0 Å². The van der Waals surface area contributed by atoms with E-state index < -0.39 is 15.2 Å². The number of methoxy groups -OCH3 is 1. The molecule has 0 saturated carbocycles. The highest BCUT2D eigenvalue weighted by Gasteiger charge is 2.28. The van der Waals surface area contributed by atoms with Crippen molar-refractivity contribution < 1.29 is 18.5 Å². The zero-order chi connectivity index (χ0) is 21.2. The summed E-state index contributed by atoms with van der Waals surface area (Å²) in [6.45, 7) is 6.20. The van der Waals surface area contributed by atoms with E-state index in [4.69, 9.17) is 9.47 Å². The predicted octanol–water partition coefficient (Wildman–Crippen LogP) is 2.17. The Bertz CT molecular complexity index is 821. The molecule has 2 N–H and O–H groups in total. The van der Waals surface area contributed by atoms with Gasteiger partial charge in [-0.3, -0.25) is 9.00 Å². The van der Waals surface area contributed by atoms with Crippen LogP contribution in [0.3, 0.4) is 0 Å². The van der Waals surface area contributed by atoms with Crippen molar-refractivity contribution in [2.24, 2.45) is 0 Å². The lowest BCUT2D eigenvalue weighted by Gasteiger charge is -2.25. The second-order valence-corrected chi connectivity index (χ2v) is 9.33. The number of hydrogen-bond acceptors (Lipinski definition) is 4. The highest BCUT2D eigenvalue weighted by Crippen LogP contribution is 2.28. The standard InChI is InChI=1S/C21H32N2O4S/c1-7-8-9-10-15-27-18-12-11-17(16-19(18)26-4)13-14-22-20(24)21(2,3)23-28(5,6)25/h11-12,16H,5,7-8,13-15H2,1-4,6H3,(H,22,24)(H,23,25). The van der Waals surface area contributed by atoms with Gasteiger partial charge in [0.15, 0.2) is 11.5 Å². The second kappa shape index (κ2) is 11.0. The third-order valence-corrected chi connectivity index (χ3v) is 4.71. The smallest absolute Gasteiger partial charge is 0.240 e. The molecule has 28 heavy (non-hydrogen) atoms. The number of nitrogens with one attached hydrogen (secondary N) is 2. The molecule has 0 radical (unpaired) electrons. The number of ether oxygens (including phenoxy) is 2. The van der Waals surface area contributed by atoms with E-state index in [0.717, 1.165) is 18.4 Å². The Balaban J connectivity index is 2.61. The largest absolute Gasteiger partial charge is 0.493 e. The fraction of sp³-hybridized carbons (Fsp3) is 0.524. The minimum absolute atomic E-state index is 0.233. The van der Waals surface area contributed by atoms with Crippen LogP contribution in [0.4, 0.5) is 0 Å². The summed E-state index contributed by atoms with van der Waals surface area (Å²) >= 11 is 0. The van der Waals surface area contributed by atoms with Crippen LogP contribution in [0, 0.1) is 11.8 Å². The maximum Gasteiger partial charge on any atom is 0.240 e. The molecule has 156 valence electrons. The first-order valence-corrected chi connectivity index (χ1v) is 11.4. The van der Waals surface area contributed by atoms with E-state index in [9.17, 15) is 9.00 Å². The number of unbranched alkanes of at least 4 members (excludes halogenated alkanes) is 1. The van der Waals surface area contributed by atoms with Crippen molar-refractivity contribution in [1.82, 2.24) is 10.0 Å². The van der Waals surface area contributed by atoms with Gasteiger partial charge >= 0.3 is 0 Å². The van der Waals surface area contributed by atoms with E-state index in [1.54, 1.807) is 21.0 Å². The molecule has 1 rings (SSSR count). The first-order chi connectivity index (χ1) is 13.1. The monoisotopic (exact) mass is 408 g/mol. The Kier molecular flexibility index (Phi) is 9.36. The minimum Gasteiger partial charge on any atom is -0.493 e. The van der Waals surface area contributed by atoms with Gasteiger partial charge in [0.2, 0.25) is 5.91 Å². The van der Waals surface area contributed by atoms with E-state index in [1.807, 2.05) is 18.2 Å². The molecule has 6 nitrogen and oxygen atoms in total. The minimum atomic E-state index is -2.48. The molecule has 0 aromatic heterocycles. The van der Waals surface area contributed by atoms with Crippen LogP contribution in [0.1, 0.15) is 39.2 Å². The van der Waals surface area contributed by atoms with Gasteiger partial charge in [0, 0.05) is 28.9 Å². The SMILES string of the molecule is C=S(C)(=O)NC(C)(C)C(=O)NCCc1ccc(OCC#CCCC)c(OC)c1. The van der Waals surface area contributed by atoms with Crippen LogP contribution in [-0.4, -0.2) is 48.0 Å². The topological polar surface area (TPSA) is 76.7 Å². The van der Waals surface area contributed by atoms with Crippen LogP contribution in [-0.2, 0) is 20.9 Å². The van der Waals surface area contributed by atoms with Crippen molar-refractivity contribution in [3.05, 3.63) is 23.8 Å². The number of benzene rings is 1. The molecule has 0 heterocycles. The van der Waals surface area contributed by atoms with Crippen molar-refractivity contribution >= 4 is 21.5 Å². The van der Waals surface area contributed by atoms with Gasteiger partial charge in [-0.1, -0.05) is 24.8 Å². The van der Waals surface area contributed by atoms with Gasteiger partial charge in [0.1, 0.15) is 12.1 Å². The molecular weight excluding hydrogens is 376 g/mol. The Morgan fingerprint density at radius 1 is 1.29 bits per heavy atom. The summed E-state index contributed by atoms with van der Waals surface area (Å²) < 4.78 is 25.6. The second-order valence-electron chi connectivity index (χ2n) is 7.12. The number of carbonyl (C=O) groups is 1. The van der Waals surface area contributed by atoms with E-state index in [2.05, 4.69) is 34.7 Å². The molecule has 0 saturated heterocycles. The van der Waals surface area contributed by atoms with Crippen LogP contribution >= 0.6 is 0 Å². The van der Waals surface area contributed by atoms with Crippen molar-refractivity contribution in [1.29, 1.82) is 0 Å². The van der Waals surface area contributed by atoms with E-state index >= 15 is 0 Å². The van der Waals surface area contributed by atoms with Crippen molar-refractivity contribution in [2.75, 3.05) is 26.5 Å². The van der Waals surface area contributed by atoms with Gasteiger partial charge < -0.3 is 14.8 Å². The van der Waals surface area contributed by atoms with E-state index in [0.29, 0.717) is 31.1 Å². The summed E-state index contributed by atoms with van der Waals surface area (Å²) in [6, 6.07) is 5.67. The van der Waals surface area contributed by atoms with Crippen molar-refractivity contribution in [2.45, 2.75) is 45.6 Å². The molecule has 0 aliphatic carbocycles. The average Bonchev–Trinajstić information content (AvgIpc) is 2.60. The summed E-state index contributed by atoms with van der Waals surface area (Å²) in [5.74, 6) is 10.6. The zero-order valence-electron chi connectivity index (χ0n) is 17.5. The molecule has 1 unspecified atom stereocenters. The predicted molar refractivity (Wildman–Crippen MR) is 116 cm³/mol. The molecular formula is C21H32N2O4S. The van der Waals surface area contributed by atoms with Crippen LogP contribution in [0.2, 0.25) is 0 Å². The fourth-order valence-corrected chi connectivity index (χ4v) is 3.66.